The molecule has 0 heterocycles. The largest absolute Gasteiger partial charge is 0.258 e. The molecule has 21 heavy (non-hydrogen) atoms. The average molecular weight is 319 g/mol. The van der Waals surface area contributed by atoms with Gasteiger partial charge < -0.3 is 0 Å². The maximum atomic E-state index is 5.86. The minimum absolute atomic E-state index is 0.715. The van der Waals surface area contributed by atoms with Crippen LogP contribution in [-0.4, -0.2) is 11.4 Å². The standard InChI is InChI=1S/C17H16Cl2N2/c1-12(20-16-7-3-14(18)4-8-16)11-13(2)21-17-9-5-15(19)6-10-17/h3-10H,11H2,1-2H3. The van der Waals surface area contributed by atoms with Gasteiger partial charge in [0, 0.05) is 27.9 Å². The van der Waals surface area contributed by atoms with Gasteiger partial charge in [0.2, 0.25) is 0 Å². The summed E-state index contributed by atoms with van der Waals surface area (Å²) in [7, 11) is 0. The molecule has 0 amide bonds. The van der Waals surface area contributed by atoms with Crippen molar-refractivity contribution in [1.29, 1.82) is 0 Å². The Kier molecular flexibility index (Phi) is 5.54. The minimum atomic E-state index is 0.715. The molecular formula is C17H16Cl2N2. The van der Waals surface area contributed by atoms with E-state index >= 15 is 0 Å². The molecule has 0 aliphatic carbocycles. The summed E-state index contributed by atoms with van der Waals surface area (Å²) >= 11 is 11.7. The highest BCUT2D eigenvalue weighted by atomic mass is 35.5. The lowest BCUT2D eigenvalue weighted by Gasteiger charge is -2.02. The Morgan fingerprint density at radius 1 is 0.714 bits per heavy atom. The topological polar surface area (TPSA) is 24.7 Å². The third-order valence-corrected chi connectivity index (χ3v) is 3.31. The molecule has 2 rings (SSSR count). The van der Waals surface area contributed by atoms with Crippen molar-refractivity contribution in [3.63, 3.8) is 0 Å². The molecule has 0 aliphatic rings. The molecule has 2 nitrogen and oxygen atoms in total. The molecule has 0 N–H and O–H groups in total. The van der Waals surface area contributed by atoms with Gasteiger partial charge in [0.1, 0.15) is 0 Å². The first-order valence-electron chi connectivity index (χ1n) is 6.62. The van der Waals surface area contributed by atoms with E-state index in [9.17, 15) is 0 Å². The van der Waals surface area contributed by atoms with E-state index in [2.05, 4.69) is 9.98 Å². The zero-order chi connectivity index (χ0) is 15.2. The molecule has 0 fully saturated rings. The normalized spacial score (nSPS) is 12.6. The number of aliphatic imine (C=N–C) groups is 2. The SMILES string of the molecule is CC(CC(C)=Nc1ccc(Cl)cc1)=Nc1ccc(Cl)cc1. The molecule has 0 atom stereocenters. The summed E-state index contributed by atoms with van der Waals surface area (Å²) in [5.74, 6) is 0. The summed E-state index contributed by atoms with van der Waals surface area (Å²) in [6.45, 7) is 3.99. The van der Waals surface area contributed by atoms with Crippen molar-refractivity contribution >= 4 is 46.0 Å². The second-order valence-electron chi connectivity index (χ2n) is 4.82. The van der Waals surface area contributed by atoms with Crippen LogP contribution in [0.2, 0.25) is 10.0 Å². The molecule has 0 aliphatic heterocycles. The van der Waals surface area contributed by atoms with Crippen LogP contribution in [0.5, 0.6) is 0 Å². The van der Waals surface area contributed by atoms with Crippen molar-refractivity contribution in [2.24, 2.45) is 9.98 Å². The van der Waals surface area contributed by atoms with Crippen LogP contribution in [0.15, 0.2) is 58.5 Å². The molecule has 0 bridgehead atoms. The second kappa shape index (κ2) is 7.39. The minimum Gasteiger partial charge on any atom is -0.258 e. The van der Waals surface area contributed by atoms with Crippen molar-refractivity contribution < 1.29 is 0 Å². The van der Waals surface area contributed by atoms with Gasteiger partial charge in [-0.15, -0.1) is 0 Å². The number of hydrogen-bond donors (Lipinski definition) is 0. The lowest BCUT2D eigenvalue weighted by molar-refractivity contribution is 1.37. The Bertz CT molecular complexity index is 597. The summed E-state index contributed by atoms with van der Waals surface area (Å²) in [4.78, 5) is 9.10. The fourth-order valence-corrected chi connectivity index (χ4v) is 2.17. The van der Waals surface area contributed by atoms with Gasteiger partial charge in [-0.3, -0.25) is 9.98 Å². The highest BCUT2D eigenvalue weighted by molar-refractivity contribution is 6.30. The Hall–Kier alpha value is -1.64. The van der Waals surface area contributed by atoms with Crippen molar-refractivity contribution in [3.05, 3.63) is 58.6 Å². The fourth-order valence-electron chi connectivity index (χ4n) is 1.92. The first-order chi connectivity index (χ1) is 10.0. The summed E-state index contributed by atoms with van der Waals surface area (Å²) in [6.07, 6.45) is 0.727. The van der Waals surface area contributed by atoms with Gasteiger partial charge >= 0.3 is 0 Å². The fraction of sp³-hybridized carbons (Fsp3) is 0.176. The van der Waals surface area contributed by atoms with Crippen LogP contribution in [0.4, 0.5) is 11.4 Å². The van der Waals surface area contributed by atoms with Crippen molar-refractivity contribution in [3.8, 4) is 0 Å². The predicted molar refractivity (Wildman–Crippen MR) is 93.1 cm³/mol. The maximum Gasteiger partial charge on any atom is 0.0630 e. The molecule has 108 valence electrons. The van der Waals surface area contributed by atoms with E-state index in [1.165, 1.54) is 0 Å². The van der Waals surface area contributed by atoms with Crippen molar-refractivity contribution in [2.45, 2.75) is 20.3 Å². The molecule has 0 saturated heterocycles. The molecule has 0 unspecified atom stereocenters. The third-order valence-electron chi connectivity index (χ3n) is 2.80. The summed E-state index contributed by atoms with van der Waals surface area (Å²) in [5.41, 5.74) is 3.81. The van der Waals surface area contributed by atoms with E-state index in [1.54, 1.807) is 0 Å². The van der Waals surface area contributed by atoms with Gasteiger partial charge in [-0.05, 0) is 62.4 Å². The zero-order valence-corrected chi connectivity index (χ0v) is 13.5. The zero-order valence-electron chi connectivity index (χ0n) is 12.0. The van der Waals surface area contributed by atoms with Gasteiger partial charge in [-0.1, -0.05) is 23.2 Å². The monoisotopic (exact) mass is 318 g/mol. The Balaban J connectivity index is 2.05. The first kappa shape index (κ1) is 15.7. The van der Waals surface area contributed by atoms with E-state index in [1.807, 2.05) is 62.4 Å². The molecule has 2 aromatic rings. The quantitative estimate of drug-likeness (QED) is 0.593. The first-order valence-corrected chi connectivity index (χ1v) is 7.38. The van der Waals surface area contributed by atoms with Crippen LogP contribution in [0, 0.1) is 0 Å². The molecule has 0 aromatic heterocycles. The predicted octanol–water partition coefficient (Wildman–Crippen LogP) is 6.27. The van der Waals surface area contributed by atoms with Crippen LogP contribution in [0.1, 0.15) is 20.3 Å². The number of nitrogens with zero attached hydrogens (tertiary/aromatic N) is 2. The summed E-state index contributed by atoms with van der Waals surface area (Å²) in [5, 5.41) is 1.43. The van der Waals surface area contributed by atoms with Gasteiger partial charge in [0.25, 0.3) is 0 Å². The molecule has 0 radical (unpaired) electrons. The van der Waals surface area contributed by atoms with Crippen LogP contribution >= 0.6 is 23.2 Å². The van der Waals surface area contributed by atoms with Crippen LogP contribution in [0.3, 0.4) is 0 Å². The van der Waals surface area contributed by atoms with Gasteiger partial charge in [-0.25, -0.2) is 0 Å². The van der Waals surface area contributed by atoms with E-state index < -0.39 is 0 Å². The summed E-state index contributed by atoms with van der Waals surface area (Å²) < 4.78 is 0. The Morgan fingerprint density at radius 2 is 1.05 bits per heavy atom. The Labute approximate surface area is 135 Å². The number of rotatable bonds is 4. The van der Waals surface area contributed by atoms with Crippen LogP contribution < -0.4 is 0 Å². The van der Waals surface area contributed by atoms with E-state index in [0.717, 1.165) is 29.2 Å². The lowest BCUT2D eigenvalue weighted by atomic mass is 10.2. The number of hydrogen-bond acceptors (Lipinski definition) is 2. The Morgan fingerprint density at radius 3 is 1.38 bits per heavy atom. The van der Waals surface area contributed by atoms with Crippen LogP contribution in [-0.2, 0) is 0 Å². The number of halogens is 2. The van der Waals surface area contributed by atoms with E-state index in [4.69, 9.17) is 23.2 Å². The summed E-state index contributed by atoms with van der Waals surface area (Å²) in [6, 6.07) is 14.9. The molecular weight excluding hydrogens is 303 g/mol. The second-order valence-corrected chi connectivity index (χ2v) is 5.70. The van der Waals surface area contributed by atoms with E-state index in [0.29, 0.717) is 10.0 Å². The van der Waals surface area contributed by atoms with Gasteiger partial charge in [0.05, 0.1) is 11.4 Å². The highest BCUT2D eigenvalue weighted by Crippen LogP contribution is 2.18. The average Bonchev–Trinajstić information content (AvgIpc) is 2.44. The van der Waals surface area contributed by atoms with Gasteiger partial charge in [-0.2, -0.15) is 0 Å². The molecule has 4 heteroatoms. The van der Waals surface area contributed by atoms with E-state index in [-0.39, 0.29) is 0 Å². The van der Waals surface area contributed by atoms with Crippen LogP contribution in [0.25, 0.3) is 0 Å². The van der Waals surface area contributed by atoms with Crippen molar-refractivity contribution in [2.75, 3.05) is 0 Å². The molecule has 0 spiro atoms. The lowest BCUT2D eigenvalue weighted by Crippen LogP contribution is -2.00. The molecule has 0 saturated carbocycles. The van der Waals surface area contributed by atoms with Crippen molar-refractivity contribution in [1.82, 2.24) is 0 Å². The third kappa shape index (κ3) is 5.33. The molecule has 2 aromatic carbocycles. The smallest absolute Gasteiger partial charge is 0.0630 e. The number of benzene rings is 2. The highest BCUT2D eigenvalue weighted by Gasteiger charge is 1.99. The maximum absolute atomic E-state index is 5.86. The van der Waals surface area contributed by atoms with Gasteiger partial charge in [0.15, 0.2) is 0 Å².